The molecule has 0 spiro atoms. The van der Waals surface area contributed by atoms with Crippen LogP contribution >= 0.6 is 0 Å². The highest BCUT2D eigenvalue weighted by Crippen LogP contribution is 2.25. The molecule has 2 rings (SSSR count). The average Bonchev–Trinajstić information content (AvgIpc) is 2.89. The summed E-state index contributed by atoms with van der Waals surface area (Å²) in [5, 5.41) is 15.4. The topological polar surface area (TPSA) is 114 Å². The van der Waals surface area contributed by atoms with Gasteiger partial charge in [0.25, 0.3) is 5.69 Å². The first-order valence-corrected chi connectivity index (χ1v) is 7.29. The predicted molar refractivity (Wildman–Crippen MR) is 89.1 cm³/mol. The number of methoxy groups -OCH3 is 1. The van der Waals surface area contributed by atoms with Crippen LogP contribution in [0.25, 0.3) is 17.0 Å². The van der Waals surface area contributed by atoms with E-state index in [0.717, 1.165) is 10.8 Å². The summed E-state index contributed by atoms with van der Waals surface area (Å²) < 4.78 is 10.8. The van der Waals surface area contributed by atoms with Crippen LogP contribution in [-0.2, 0) is 14.3 Å². The second kappa shape index (κ2) is 6.71. The van der Waals surface area contributed by atoms with Crippen LogP contribution in [0.15, 0.2) is 24.3 Å². The van der Waals surface area contributed by atoms with Gasteiger partial charge in [-0.3, -0.25) is 10.1 Å². The molecular weight excluding hydrogens is 330 g/mol. The van der Waals surface area contributed by atoms with E-state index < -0.39 is 22.6 Å². The molecule has 0 amide bonds. The molecule has 0 fully saturated rings. The van der Waals surface area contributed by atoms with Gasteiger partial charge in [0.05, 0.1) is 23.2 Å². The van der Waals surface area contributed by atoms with Crippen LogP contribution in [0.3, 0.4) is 0 Å². The summed E-state index contributed by atoms with van der Waals surface area (Å²) in [6.07, 6.45) is 1.70. The van der Waals surface area contributed by atoms with Crippen molar-refractivity contribution in [2.45, 2.75) is 26.4 Å². The van der Waals surface area contributed by atoms with Gasteiger partial charge in [0.1, 0.15) is 5.60 Å². The number of hydrogen-bond acceptors (Lipinski definition) is 7. The van der Waals surface area contributed by atoms with Crippen molar-refractivity contribution in [2.75, 3.05) is 7.11 Å². The van der Waals surface area contributed by atoms with Crippen LogP contribution in [0.4, 0.5) is 10.5 Å². The Bertz CT molecular complexity index is 876. The summed E-state index contributed by atoms with van der Waals surface area (Å²) in [5.41, 5.74) is -0.374. The molecule has 0 aliphatic heterocycles. The molecule has 0 radical (unpaired) electrons. The van der Waals surface area contributed by atoms with E-state index in [2.05, 4.69) is 9.84 Å². The summed E-state index contributed by atoms with van der Waals surface area (Å²) in [7, 11) is 1.22. The second-order valence-corrected chi connectivity index (χ2v) is 6.09. The molecule has 9 heteroatoms. The van der Waals surface area contributed by atoms with Crippen LogP contribution in [0.5, 0.6) is 0 Å². The Kier molecular flexibility index (Phi) is 4.87. The average molecular weight is 347 g/mol. The first-order chi connectivity index (χ1) is 11.6. The van der Waals surface area contributed by atoms with Gasteiger partial charge in [-0.2, -0.15) is 9.78 Å². The zero-order valence-electron chi connectivity index (χ0n) is 14.2. The standard InChI is InChI=1S/C16H17N3O6/c1-16(2,3)25-15(21)18-13-7-5-10(19(22)23)9-11(13)12(17-18)6-8-14(20)24-4/h5-9H,1-4H3/b8-6+. The third kappa shape index (κ3) is 4.19. The minimum Gasteiger partial charge on any atom is -0.466 e. The smallest absolute Gasteiger partial charge is 0.435 e. The molecule has 1 aromatic heterocycles. The van der Waals surface area contributed by atoms with E-state index in [1.54, 1.807) is 20.8 Å². The first kappa shape index (κ1) is 18.1. The maximum atomic E-state index is 12.3. The summed E-state index contributed by atoms with van der Waals surface area (Å²) in [5.74, 6) is -0.620. The van der Waals surface area contributed by atoms with E-state index >= 15 is 0 Å². The lowest BCUT2D eigenvalue weighted by atomic mass is 10.2. The molecule has 0 saturated carbocycles. The number of fused-ring (bicyclic) bond motifs is 1. The quantitative estimate of drug-likeness (QED) is 0.363. The molecule has 0 N–H and O–H groups in total. The molecule has 0 unspecified atom stereocenters. The maximum absolute atomic E-state index is 12.3. The number of aromatic nitrogens is 2. The van der Waals surface area contributed by atoms with Crippen molar-refractivity contribution in [3.8, 4) is 0 Å². The Morgan fingerprint density at radius 1 is 1.32 bits per heavy atom. The number of benzene rings is 1. The fourth-order valence-corrected chi connectivity index (χ4v) is 2.03. The van der Waals surface area contributed by atoms with Crippen molar-refractivity contribution >= 4 is 34.7 Å². The third-order valence-electron chi connectivity index (χ3n) is 3.05. The van der Waals surface area contributed by atoms with E-state index in [-0.39, 0.29) is 11.4 Å². The van der Waals surface area contributed by atoms with Gasteiger partial charge in [-0.15, -0.1) is 0 Å². The minimum atomic E-state index is -0.738. The Morgan fingerprint density at radius 3 is 2.56 bits per heavy atom. The molecular formula is C16H17N3O6. The lowest BCUT2D eigenvalue weighted by Crippen LogP contribution is -2.27. The normalized spacial score (nSPS) is 11.7. The number of nitrogens with zero attached hydrogens (tertiary/aromatic N) is 3. The number of nitro benzene ring substituents is 1. The van der Waals surface area contributed by atoms with Gasteiger partial charge in [0, 0.05) is 23.6 Å². The van der Waals surface area contributed by atoms with E-state index in [1.807, 2.05) is 0 Å². The molecule has 0 bridgehead atoms. The van der Waals surface area contributed by atoms with E-state index in [1.165, 1.54) is 31.4 Å². The predicted octanol–water partition coefficient (Wildman–Crippen LogP) is 2.91. The van der Waals surface area contributed by atoms with Gasteiger partial charge < -0.3 is 9.47 Å². The number of hydrogen-bond donors (Lipinski definition) is 0. The van der Waals surface area contributed by atoms with Crippen molar-refractivity contribution in [1.29, 1.82) is 0 Å². The van der Waals surface area contributed by atoms with Crippen molar-refractivity contribution in [1.82, 2.24) is 9.78 Å². The van der Waals surface area contributed by atoms with Gasteiger partial charge in [-0.25, -0.2) is 9.59 Å². The lowest BCUT2D eigenvalue weighted by Gasteiger charge is -2.19. The van der Waals surface area contributed by atoms with Gasteiger partial charge in [0.15, 0.2) is 0 Å². The highest BCUT2D eigenvalue weighted by molar-refractivity contribution is 5.96. The summed E-state index contributed by atoms with van der Waals surface area (Å²) in [6, 6.07) is 3.94. The molecule has 0 saturated heterocycles. The molecule has 0 aliphatic rings. The van der Waals surface area contributed by atoms with E-state index in [0.29, 0.717) is 10.9 Å². The fourth-order valence-electron chi connectivity index (χ4n) is 2.03. The van der Waals surface area contributed by atoms with E-state index in [9.17, 15) is 19.7 Å². The number of non-ortho nitro benzene ring substituents is 1. The van der Waals surface area contributed by atoms with Gasteiger partial charge >= 0.3 is 12.1 Å². The number of carbonyl (C=O) groups is 2. The zero-order valence-corrected chi connectivity index (χ0v) is 14.2. The molecule has 0 aliphatic carbocycles. The first-order valence-electron chi connectivity index (χ1n) is 7.29. The highest BCUT2D eigenvalue weighted by Gasteiger charge is 2.22. The molecule has 1 heterocycles. The van der Waals surface area contributed by atoms with Crippen LogP contribution in [0.1, 0.15) is 26.5 Å². The van der Waals surface area contributed by atoms with Gasteiger partial charge in [-0.1, -0.05) is 0 Å². The third-order valence-corrected chi connectivity index (χ3v) is 3.05. The largest absolute Gasteiger partial charge is 0.466 e. The van der Waals surface area contributed by atoms with Crippen LogP contribution in [0.2, 0.25) is 0 Å². The molecule has 132 valence electrons. The molecule has 1 aromatic carbocycles. The van der Waals surface area contributed by atoms with Gasteiger partial charge in [-0.05, 0) is 32.9 Å². The van der Waals surface area contributed by atoms with Crippen molar-refractivity contribution in [3.63, 3.8) is 0 Å². The molecule has 25 heavy (non-hydrogen) atoms. The Morgan fingerprint density at radius 2 is 2.00 bits per heavy atom. The van der Waals surface area contributed by atoms with Crippen LogP contribution in [-0.4, -0.2) is 39.5 Å². The number of esters is 1. The molecule has 9 nitrogen and oxygen atoms in total. The maximum Gasteiger partial charge on any atom is 0.435 e. The lowest BCUT2D eigenvalue weighted by molar-refractivity contribution is -0.384. The second-order valence-electron chi connectivity index (χ2n) is 6.09. The van der Waals surface area contributed by atoms with Gasteiger partial charge in [0.2, 0.25) is 0 Å². The summed E-state index contributed by atoms with van der Waals surface area (Å²) in [4.78, 5) is 34.0. The number of ether oxygens (including phenoxy) is 2. The minimum absolute atomic E-state index is 0.163. The number of carbonyl (C=O) groups excluding carboxylic acids is 2. The monoisotopic (exact) mass is 347 g/mol. The van der Waals surface area contributed by atoms with Crippen molar-refractivity contribution < 1.29 is 24.0 Å². The Labute approximate surface area is 143 Å². The SMILES string of the molecule is COC(=O)/C=C/c1nn(C(=O)OC(C)(C)C)c2ccc([N+](=O)[O-])cc12. The van der Waals surface area contributed by atoms with Crippen LogP contribution < -0.4 is 0 Å². The van der Waals surface area contributed by atoms with Crippen molar-refractivity contribution in [3.05, 3.63) is 40.1 Å². The number of rotatable bonds is 3. The number of nitro groups is 1. The zero-order chi connectivity index (χ0) is 18.8. The summed E-state index contributed by atoms with van der Waals surface area (Å²) in [6.45, 7) is 5.12. The van der Waals surface area contributed by atoms with Crippen LogP contribution in [0, 0.1) is 10.1 Å². The Balaban J connectivity index is 2.60. The summed E-state index contributed by atoms with van der Waals surface area (Å²) >= 11 is 0. The van der Waals surface area contributed by atoms with Crippen molar-refractivity contribution in [2.24, 2.45) is 0 Å². The van der Waals surface area contributed by atoms with E-state index in [4.69, 9.17) is 4.74 Å². The molecule has 2 aromatic rings. The Hall–Kier alpha value is -3.23. The highest BCUT2D eigenvalue weighted by atomic mass is 16.6. The fraction of sp³-hybridized carbons (Fsp3) is 0.312. The molecule has 0 atom stereocenters.